The maximum atomic E-state index is 12.2. The lowest BCUT2D eigenvalue weighted by Crippen LogP contribution is -2.22. The zero-order chi connectivity index (χ0) is 13.9. The lowest BCUT2D eigenvalue weighted by Gasteiger charge is -2.12. The Morgan fingerprint density at radius 1 is 1.05 bits per heavy atom. The van der Waals surface area contributed by atoms with Gasteiger partial charge >= 0.3 is 0 Å². The van der Waals surface area contributed by atoms with Crippen LogP contribution in [0.5, 0.6) is 0 Å². The summed E-state index contributed by atoms with van der Waals surface area (Å²) in [6.07, 6.45) is 3.55. The van der Waals surface area contributed by atoms with Gasteiger partial charge in [0.05, 0.1) is 0 Å². The number of carbonyl (C=O) groups excluding carboxylic acids is 1. The van der Waals surface area contributed by atoms with E-state index in [0.29, 0.717) is 13.1 Å². The van der Waals surface area contributed by atoms with Gasteiger partial charge in [0, 0.05) is 19.2 Å². The third-order valence-electron chi connectivity index (χ3n) is 3.61. The minimum Gasteiger partial charge on any atom is -0.330 e. The highest BCUT2D eigenvalue weighted by Crippen LogP contribution is 2.22. The summed E-state index contributed by atoms with van der Waals surface area (Å²) in [5, 5.41) is 0. The molecule has 0 aliphatic carbocycles. The molecular formula is C18H17NO. The number of carbonyl (C=O) groups is 1. The molecule has 0 saturated heterocycles. The van der Waals surface area contributed by atoms with E-state index in [1.165, 1.54) is 16.7 Å². The van der Waals surface area contributed by atoms with Gasteiger partial charge in [0.1, 0.15) is 0 Å². The predicted molar refractivity (Wildman–Crippen MR) is 80.9 cm³/mol. The van der Waals surface area contributed by atoms with Crippen LogP contribution in [-0.2, 0) is 17.9 Å². The molecule has 0 spiro atoms. The van der Waals surface area contributed by atoms with E-state index in [4.69, 9.17) is 0 Å². The number of aryl methyl sites for hydroxylation is 1. The highest BCUT2D eigenvalue weighted by Gasteiger charge is 2.20. The second-order valence-corrected chi connectivity index (χ2v) is 5.21. The van der Waals surface area contributed by atoms with E-state index in [1.54, 1.807) is 6.08 Å². The molecule has 1 amide bonds. The lowest BCUT2D eigenvalue weighted by molar-refractivity contribution is -0.126. The molecule has 0 N–H and O–H groups in total. The van der Waals surface area contributed by atoms with Crippen molar-refractivity contribution >= 4 is 12.0 Å². The van der Waals surface area contributed by atoms with Crippen LogP contribution in [0.4, 0.5) is 0 Å². The van der Waals surface area contributed by atoms with Crippen LogP contribution in [0.25, 0.3) is 6.08 Å². The molecule has 3 rings (SSSR count). The van der Waals surface area contributed by atoms with Crippen molar-refractivity contribution in [2.45, 2.75) is 20.0 Å². The van der Waals surface area contributed by atoms with E-state index < -0.39 is 0 Å². The van der Waals surface area contributed by atoms with Crippen molar-refractivity contribution in [3.8, 4) is 0 Å². The van der Waals surface area contributed by atoms with Crippen molar-refractivity contribution in [1.82, 2.24) is 4.90 Å². The number of rotatable bonds is 2. The van der Waals surface area contributed by atoms with Gasteiger partial charge in [-0.2, -0.15) is 0 Å². The second kappa shape index (κ2) is 5.33. The molecule has 20 heavy (non-hydrogen) atoms. The molecule has 1 aliphatic rings. The monoisotopic (exact) mass is 263 g/mol. The lowest BCUT2D eigenvalue weighted by atomic mass is 10.1. The molecule has 2 nitrogen and oxygen atoms in total. The Morgan fingerprint density at radius 2 is 1.75 bits per heavy atom. The number of hydrogen-bond donors (Lipinski definition) is 0. The number of benzene rings is 2. The fourth-order valence-electron chi connectivity index (χ4n) is 2.54. The van der Waals surface area contributed by atoms with Crippen LogP contribution in [0.3, 0.4) is 0 Å². The van der Waals surface area contributed by atoms with Crippen molar-refractivity contribution in [3.63, 3.8) is 0 Å². The minimum atomic E-state index is 0.0720. The molecule has 1 aliphatic heterocycles. The largest absolute Gasteiger partial charge is 0.330 e. The highest BCUT2D eigenvalue weighted by molar-refractivity contribution is 5.92. The maximum absolute atomic E-state index is 12.2. The highest BCUT2D eigenvalue weighted by atomic mass is 16.2. The first-order chi connectivity index (χ1) is 9.72. The molecular weight excluding hydrogens is 246 g/mol. The quantitative estimate of drug-likeness (QED) is 0.759. The zero-order valence-electron chi connectivity index (χ0n) is 11.5. The van der Waals surface area contributed by atoms with E-state index in [-0.39, 0.29) is 5.91 Å². The first-order valence-corrected chi connectivity index (χ1v) is 6.83. The Hall–Kier alpha value is -2.35. The van der Waals surface area contributed by atoms with Gasteiger partial charge in [-0.1, -0.05) is 54.1 Å². The van der Waals surface area contributed by atoms with Crippen LogP contribution in [0.1, 0.15) is 22.3 Å². The number of fused-ring (bicyclic) bond motifs is 1. The molecule has 0 bridgehead atoms. The van der Waals surface area contributed by atoms with Gasteiger partial charge in [0.15, 0.2) is 0 Å². The molecule has 0 radical (unpaired) electrons. The molecule has 2 heteroatoms. The first kappa shape index (κ1) is 12.7. The third kappa shape index (κ3) is 2.64. The average Bonchev–Trinajstić information content (AvgIpc) is 2.89. The summed E-state index contributed by atoms with van der Waals surface area (Å²) < 4.78 is 0. The van der Waals surface area contributed by atoms with Crippen molar-refractivity contribution < 1.29 is 4.79 Å². The Morgan fingerprint density at radius 3 is 2.40 bits per heavy atom. The van der Waals surface area contributed by atoms with Gasteiger partial charge in [-0.05, 0) is 29.7 Å². The molecule has 1 heterocycles. The molecule has 0 unspecified atom stereocenters. The number of nitrogens with zero attached hydrogens (tertiary/aromatic N) is 1. The van der Waals surface area contributed by atoms with Crippen LogP contribution in [-0.4, -0.2) is 10.8 Å². The summed E-state index contributed by atoms with van der Waals surface area (Å²) in [6, 6.07) is 16.4. The van der Waals surface area contributed by atoms with Gasteiger partial charge in [0.2, 0.25) is 5.91 Å². The summed E-state index contributed by atoms with van der Waals surface area (Å²) in [5.74, 6) is 0.0720. The van der Waals surface area contributed by atoms with Crippen molar-refractivity contribution in [1.29, 1.82) is 0 Å². The number of amides is 1. The summed E-state index contributed by atoms with van der Waals surface area (Å²) in [5.41, 5.74) is 4.78. The Bertz CT molecular complexity index is 648. The van der Waals surface area contributed by atoms with Crippen LogP contribution in [0, 0.1) is 6.92 Å². The van der Waals surface area contributed by atoms with Gasteiger partial charge in [-0.15, -0.1) is 0 Å². The smallest absolute Gasteiger partial charge is 0.247 e. The van der Waals surface area contributed by atoms with Gasteiger partial charge < -0.3 is 4.90 Å². The summed E-state index contributed by atoms with van der Waals surface area (Å²) in [6.45, 7) is 3.48. The second-order valence-electron chi connectivity index (χ2n) is 5.21. The first-order valence-electron chi connectivity index (χ1n) is 6.83. The zero-order valence-corrected chi connectivity index (χ0v) is 11.5. The van der Waals surface area contributed by atoms with Crippen molar-refractivity contribution in [2.75, 3.05) is 0 Å². The SMILES string of the molecule is Cc1cccc(/C=C/C(=O)N2Cc3ccccc3C2)c1. The van der Waals surface area contributed by atoms with Gasteiger partial charge in [-0.25, -0.2) is 0 Å². The fourth-order valence-corrected chi connectivity index (χ4v) is 2.54. The van der Waals surface area contributed by atoms with Crippen molar-refractivity contribution in [2.24, 2.45) is 0 Å². The Balaban J connectivity index is 1.70. The molecule has 0 fully saturated rings. The van der Waals surface area contributed by atoms with Gasteiger partial charge in [0.25, 0.3) is 0 Å². The molecule has 0 saturated carbocycles. The predicted octanol–water partition coefficient (Wildman–Crippen LogP) is 3.55. The normalized spacial score (nSPS) is 13.8. The van der Waals surface area contributed by atoms with Crippen LogP contribution < -0.4 is 0 Å². The molecule has 100 valence electrons. The van der Waals surface area contributed by atoms with E-state index in [1.807, 2.05) is 35.2 Å². The molecule has 2 aromatic carbocycles. The Kier molecular flexibility index (Phi) is 3.38. The number of hydrogen-bond acceptors (Lipinski definition) is 1. The summed E-state index contributed by atoms with van der Waals surface area (Å²) in [4.78, 5) is 14.1. The van der Waals surface area contributed by atoms with Gasteiger partial charge in [-0.3, -0.25) is 4.79 Å². The molecule has 0 atom stereocenters. The molecule has 2 aromatic rings. The Labute approximate surface area is 119 Å². The third-order valence-corrected chi connectivity index (χ3v) is 3.61. The summed E-state index contributed by atoms with van der Waals surface area (Å²) >= 11 is 0. The van der Waals surface area contributed by atoms with E-state index in [2.05, 4.69) is 31.2 Å². The van der Waals surface area contributed by atoms with E-state index in [0.717, 1.165) is 5.56 Å². The van der Waals surface area contributed by atoms with Crippen LogP contribution >= 0.6 is 0 Å². The van der Waals surface area contributed by atoms with Crippen molar-refractivity contribution in [3.05, 3.63) is 76.9 Å². The standard InChI is InChI=1S/C18H17NO/c1-14-5-4-6-15(11-14)9-10-18(20)19-12-16-7-2-3-8-17(16)13-19/h2-11H,12-13H2,1H3/b10-9+. The van der Waals surface area contributed by atoms with E-state index in [9.17, 15) is 4.79 Å². The molecule has 0 aromatic heterocycles. The minimum absolute atomic E-state index is 0.0720. The fraction of sp³-hybridized carbons (Fsp3) is 0.167. The van der Waals surface area contributed by atoms with Crippen LogP contribution in [0.15, 0.2) is 54.6 Å². The van der Waals surface area contributed by atoms with E-state index >= 15 is 0 Å². The maximum Gasteiger partial charge on any atom is 0.247 e. The van der Waals surface area contributed by atoms with Crippen LogP contribution in [0.2, 0.25) is 0 Å². The average molecular weight is 263 g/mol. The topological polar surface area (TPSA) is 20.3 Å². The summed E-state index contributed by atoms with van der Waals surface area (Å²) in [7, 11) is 0.